The Bertz CT molecular complexity index is 159. The summed E-state index contributed by atoms with van der Waals surface area (Å²) in [6.45, 7) is 10.5. The summed E-state index contributed by atoms with van der Waals surface area (Å²) < 4.78 is 0. The van der Waals surface area contributed by atoms with Crippen LogP contribution in [0.5, 0.6) is 0 Å². The Morgan fingerprint density at radius 3 is 2.64 bits per heavy atom. The minimum Gasteiger partial charge on any atom is -0.315 e. The van der Waals surface area contributed by atoms with Crippen molar-refractivity contribution in [1.29, 1.82) is 0 Å². The van der Waals surface area contributed by atoms with Crippen molar-refractivity contribution in [3.63, 3.8) is 0 Å². The summed E-state index contributed by atoms with van der Waals surface area (Å²) in [6.07, 6.45) is 0. The van der Waals surface area contributed by atoms with Crippen molar-refractivity contribution in [1.82, 2.24) is 15.1 Å². The van der Waals surface area contributed by atoms with Gasteiger partial charge in [-0.05, 0) is 33.5 Å². The normalized spacial score (nSPS) is 30.6. The van der Waals surface area contributed by atoms with Crippen LogP contribution in [-0.2, 0) is 0 Å². The van der Waals surface area contributed by atoms with Gasteiger partial charge in [-0.15, -0.1) is 0 Å². The summed E-state index contributed by atoms with van der Waals surface area (Å²) in [5, 5.41) is 3.51. The van der Waals surface area contributed by atoms with Crippen molar-refractivity contribution < 1.29 is 0 Å². The van der Waals surface area contributed by atoms with Crippen LogP contribution in [0.4, 0.5) is 0 Å². The molecule has 1 saturated heterocycles. The first kappa shape index (κ1) is 12.0. The van der Waals surface area contributed by atoms with Crippen molar-refractivity contribution in [2.75, 3.05) is 46.8 Å². The molecule has 1 rings (SSSR count). The average Bonchev–Trinajstić information content (AvgIpc) is 2.25. The molecule has 0 aromatic heterocycles. The molecule has 0 aromatic rings. The molecule has 1 aliphatic rings. The summed E-state index contributed by atoms with van der Waals surface area (Å²) in [4.78, 5) is 4.86. The molecule has 0 amide bonds. The van der Waals surface area contributed by atoms with Crippen molar-refractivity contribution in [2.24, 2.45) is 5.92 Å². The highest BCUT2D eigenvalue weighted by atomic mass is 15.2. The largest absolute Gasteiger partial charge is 0.315 e. The van der Waals surface area contributed by atoms with E-state index in [-0.39, 0.29) is 0 Å². The molecule has 1 heterocycles. The van der Waals surface area contributed by atoms with E-state index in [1.165, 1.54) is 19.6 Å². The van der Waals surface area contributed by atoms with Gasteiger partial charge in [0.2, 0.25) is 0 Å². The number of hydrogen-bond acceptors (Lipinski definition) is 3. The number of rotatable bonds is 3. The summed E-state index contributed by atoms with van der Waals surface area (Å²) in [7, 11) is 4.29. The zero-order valence-electron chi connectivity index (χ0n) is 10.1. The molecule has 1 N–H and O–H groups in total. The summed E-state index contributed by atoms with van der Waals surface area (Å²) >= 11 is 0. The third kappa shape index (κ3) is 3.95. The molecule has 0 aliphatic carbocycles. The maximum Gasteiger partial charge on any atom is 0.0193 e. The number of hydrogen-bond donors (Lipinski definition) is 1. The Morgan fingerprint density at radius 2 is 2.00 bits per heavy atom. The first-order chi connectivity index (χ1) is 6.59. The second kappa shape index (κ2) is 5.69. The summed E-state index contributed by atoms with van der Waals surface area (Å²) in [6, 6.07) is 0.680. The molecule has 2 atom stereocenters. The molecule has 3 heteroatoms. The van der Waals surface area contributed by atoms with E-state index in [4.69, 9.17) is 0 Å². The van der Waals surface area contributed by atoms with Gasteiger partial charge in [0.05, 0.1) is 0 Å². The van der Waals surface area contributed by atoms with E-state index >= 15 is 0 Å². The van der Waals surface area contributed by atoms with Gasteiger partial charge in [-0.1, -0.05) is 6.92 Å². The number of likely N-dealkylation sites (N-methyl/N-ethyl adjacent to an activating group) is 1. The van der Waals surface area contributed by atoms with Gasteiger partial charge < -0.3 is 10.2 Å². The lowest BCUT2D eigenvalue weighted by molar-refractivity contribution is 0.185. The van der Waals surface area contributed by atoms with Crippen molar-refractivity contribution in [2.45, 2.75) is 19.9 Å². The lowest BCUT2D eigenvalue weighted by atomic mass is 10.1. The Balaban J connectivity index is 2.38. The van der Waals surface area contributed by atoms with Gasteiger partial charge in [0, 0.05) is 32.2 Å². The van der Waals surface area contributed by atoms with Crippen molar-refractivity contribution in [3.05, 3.63) is 0 Å². The number of nitrogens with one attached hydrogen (secondary N) is 1. The fourth-order valence-electron chi connectivity index (χ4n) is 1.95. The molecule has 3 nitrogen and oxygen atoms in total. The predicted octanol–water partition coefficient (Wildman–Crippen LogP) is 0.478. The van der Waals surface area contributed by atoms with E-state index in [9.17, 15) is 0 Å². The van der Waals surface area contributed by atoms with E-state index < -0.39 is 0 Å². The van der Waals surface area contributed by atoms with E-state index in [0.717, 1.165) is 19.0 Å². The minimum atomic E-state index is 0.680. The van der Waals surface area contributed by atoms with Gasteiger partial charge in [0.1, 0.15) is 0 Å². The quantitative estimate of drug-likeness (QED) is 0.713. The highest BCUT2D eigenvalue weighted by Gasteiger charge is 2.19. The molecule has 0 bridgehead atoms. The van der Waals surface area contributed by atoms with Gasteiger partial charge >= 0.3 is 0 Å². The lowest BCUT2D eigenvalue weighted by Crippen LogP contribution is -2.41. The SMILES string of the molecule is CC1CNCC(C)N(CCN(C)C)C1. The van der Waals surface area contributed by atoms with Crippen LogP contribution < -0.4 is 5.32 Å². The first-order valence-corrected chi connectivity index (χ1v) is 5.69. The summed E-state index contributed by atoms with van der Waals surface area (Å²) in [5.41, 5.74) is 0. The summed E-state index contributed by atoms with van der Waals surface area (Å²) in [5.74, 6) is 0.780. The molecule has 0 saturated carbocycles. The zero-order chi connectivity index (χ0) is 10.6. The van der Waals surface area contributed by atoms with E-state index in [1.54, 1.807) is 0 Å². The highest BCUT2D eigenvalue weighted by molar-refractivity contribution is 4.77. The fourth-order valence-corrected chi connectivity index (χ4v) is 1.95. The van der Waals surface area contributed by atoms with Crippen LogP contribution in [0.3, 0.4) is 0 Å². The standard InChI is InChI=1S/C11H25N3/c1-10-7-12-8-11(2)14(9-10)6-5-13(3)4/h10-12H,5-9H2,1-4H3. The minimum absolute atomic E-state index is 0.680. The zero-order valence-corrected chi connectivity index (χ0v) is 10.1. The smallest absolute Gasteiger partial charge is 0.0193 e. The Hall–Kier alpha value is -0.120. The van der Waals surface area contributed by atoms with Crippen LogP contribution in [0, 0.1) is 5.92 Å². The highest BCUT2D eigenvalue weighted by Crippen LogP contribution is 2.07. The second-order valence-electron chi connectivity index (χ2n) is 4.91. The third-order valence-corrected chi connectivity index (χ3v) is 2.94. The topological polar surface area (TPSA) is 18.5 Å². The Kier molecular flexibility index (Phi) is 4.85. The van der Waals surface area contributed by atoms with Crippen LogP contribution >= 0.6 is 0 Å². The van der Waals surface area contributed by atoms with Gasteiger partial charge in [0.15, 0.2) is 0 Å². The molecule has 14 heavy (non-hydrogen) atoms. The molecule has 0 radical (unpaired) electrons. The average molecular weight is 199 g/mol. The molecule has 0 aromatic carbocycles. The van der Waals surface area contributed by atoms with Gasteiger partial charge in [-0.2, -0.15) is 0 Å². The maximum atomic E-state index is 3.51. The van der Waals surface area contributed by atoms with Crippen LogP contribution in [-0.4, -0.2) is 62.7 Å². The van der Waals surface area contributed by atoms with Gasteiger partial charge in [0.25, 0.3) is 0 Å². The van der Waals surface area contributed by atoms with Crippen molar-refractivity contribution in [3.8, 4) is 0 Å². The molecule has 1 fully saturated rings. The Labute approximate surface area is 88.5 Å². The first-order valence-electron chi connectivity index (χ1n) is 5.69. The van der Waals surface area contributed by atoms with Gasteiger partial charge in [-0.3, -0.25) is 4.90 Å². The van der Waals surface area contributed by atoms with Crippen LogP contribution in [0.25, 0.3) is 0 Å². The molecule has 1 aliphatic heterocycles. The van der Waals surface area contributed by atoms with Crippen LogP contribution in [0.2, 0.25) is 0 Å². The third-order valence-electron chi connectivity index (χ3n) is 2.94. The van der Waals surface area contributed by atoms with Crippen molar-refractivity contribution >= 4 is 0 Å². The molecule has 2 unspecified atom stereocenters. The lowest BCUT2D eigenvalue weighted by Gasteiger charge is -2.29. The number of nitrogens with zero attached hydrogens (tertiary/aromatic N) is 2. The van der Waals surface area contributed by atoms with E-state index in [2.05, 4.69) is 43.1 Å². The Morgan fingerprint density at radius 1 is 1.29 bits per heavy atom. The molecule has 0 spiro atoms. The maximum absolute atomic E-state index is 3.51. The van der Waals surface area contributed by atoms with E-state index in [1.807, 2.05) is 0 Å². The predicted molar refractivity (Wildman–Crippen MR) is 61.6 cm³/mol. The molecular formula is C11H25N3. The molecule has 84 valence electrons. The monoisotopic (exact) mass is 199 g/mol. The van der Waals surface area contributed by atoms with Crippen LogP contribution in [0.15, 0.2) is 0 Å². The fraction of sp³-hybridized carbons (Fsp3) is 1.00. The van der Waals surface area contributed by atoms with Gasteiger partial charge in [-0.25, -0.2) is 0 Å². The second-order valence-corrected chi connectivity index (χ2v) is 4.91. The van der Waals surface area contributed by atoms with Crippen LogP contribution in [0.1, 0.15) is 13.8 Å². The molecular weight excluding hydrogens is 174 g/mol. The van der Waals surface area contributed by atoms with E-state index in [0.29, 0.717) is 6.04 Å².